The Morgan fingerprint density at radius 1 is 1.36 bits per heavy atom. The Balaban J connectivity index is 1.86. The van der Waals surface area contributed by atoms with Crippen molar-refractivity contribution in [2.24, 2.45) is 0 Å². The monoisotopic (exact) mass is 360 g/mol. The zero-order valence-corrected chi connectivity index (χ0v) is 13.4. The third-order valence-electron chi connectivity index (χ3n) is 3.36. The van der Waals surface area contributed by atoms with Crippen LogP contribution in [0.2, 0.25) is 0 Å². The molecule has 0 bridgehead atoms. The van der Waals surface area contributed by atoms with E-state index in [2.05, 4.69) is 26.2 Å². The highest BCUT2D eigenvalue weighted by atomic mass is 79.9. The van der Waals surface area contributed by atoms with Crippen LogP contribution in [0.4, 0.5) is 11.4 Å². The molecular weight excluding hydrogens is 348 g/mol. The van der Waals surface area contributed by atoms with E-state index in [0.29, 0.717) is 12.2 Å². The Labute approximate surface area is 135 Å². The maximum atomic E-state index is 11.1. The summed E-state index contributed by atoms with van der Waals surface area (Å²) in [5.41, 5.74) is 3.28. The Bertz CT molecular complexity index is 860. The van der Waals surface area contributed by atoms with Gasteiger partial charge in [0, 0.05) is 22.4 Å². The van der Waals surface area contributed by atoms with Crippen LogP contribution in [-0.4, -0.2) is 14.3 Å². The molecule has 0 aliphatic rings. The average molecular weight is 361 g/mol. The van der Waals surface area contributed by atoms with Gasteiger partial charge in [0.05, 0.1) is 17.2 Å². The highest BCUT2D eigenvalue weighted by Crippen LogP contribution is 2.28. The van der Waals surface area contributed by atoms with Gasteiger partial charge in [0.25, 0.3) is 5.69 Å². The molecule has 0 aliphatic heterocycles. The number of aromatic nitrogens is 2. The number of hydrogen-bond donors (Lipinski definition) is 1. The maximum absolute atomic E-state index is 11.1. The fraction of sp³-hybridized carbons (Fsp3) is 0.133. The second-order valence-corrected chi connectivity index (χ2v) is 5.82. The molecule has 3 aromatic rings. The number of nitrogens with one attached hydrogen (secondary N) is 1. The first kappa shape index (κ1) is 14.5. The van der Waals surface area contributed by atoms with Crippen molar-refractivity contribution < 1.29 is 4.92 Å². The van der Waals surface area contributed by atoms with Gasteiger partial charge < -0.3 is 9.72 Å². The zero-order chi connectivity index (χ0) is 15.7. The third kappa shape index (κ3) is 2.80. The minimum atomic E-state index is -0.400. The highest BCUT2D eigenvalue weighted by Gasteiger charge is 2.14. The summed E-state index contributed by atoms with van der Waals surface area (Å²) >= 11 is 3.33. The topological polar surface area (TPSA) is 72.5 Å². The van der Waals surface area contributed by atoms with Crippen LogP contribution < -0.4 is 5.32 Å². The van der Waals surface area contributed by atoms with Gasteiger partial charge in [-0.1, -0.05) is 22.0 Å². The van der Waals surface area contributed by atoms with Crippen LogP contribution in [-0.2, 0) is 6.54 Å². The first-order valence-corrected chi connectivity index (χ1v) is 7.45. The van der Waals surface area contributed by atoms with E-state index in [4.69, 9.17) is 0 Å². The fourth-order valence-corrected chi connectivity index (χ4v) is 2.64. The number of nitro groups is 1. The number of anilines is 1. The summed E-state index contributed by atoms with van der Waals surface area (Å²) in [6.07, 6.45) is 1.93. The largest absolute Gasteiger partial charge is 0.374 e. The zero-order valence-electron chi connectivity index (χ0n) is 11.8. The Hall–Kier alpha value is -2.41. The number of fused-ring (bicyclic) bond motifs is 1. The van der Waals surface area contributed by atoms with Gasteiger partial charge in [-0.25, -0.2) is 4.98 Å². The molecule has 22 heavy (non-hydrogen) atoms. The minimum absolute atomic E-state index is 0.0446. The normalized spacial score (nSPS) is 10.8. The fourth-order valence-electron chi connectivity index (χ4n) is 2.28. The van der Waals surface area contributed by atoms with Crippen LogP contribution in [0.15, 0.2) is 47.1 Å². The SMILES string of the molecule is Cc1cccc2nc(CNc3cc(Br)ccc3[N+](=O)[O-])cn12. The van der Waals surface area contributed by atoms with Crippen molar-refractivity contribution in [3.63, 3.8) is 0 Å². The summed E-state index contributed by atoms with van der Waals surface area (Å²) in [6, 6.07) is 10.7. The van der Waals surface area contributed by atoms with Crippen molar-refractivity contribution in [1.82, 2.24) is 9.38 Å². The molecule has 112 valence electrons. The van der Waals surface area contributed by atoms with Gasteiger partial charge in [0.15, 0.2) is 0 Å². The average Bonchev–Trinajstić information content (AvgIpc) is 2.89. The van der Waals surface area contributed by atoms with E-state index in [-0.39, 0.29) is 5.69 Å². The Kier molecular flexibility index (Phi) is 3.81. The van der Waals surface area contributed by atoms with Gasteiger partial charge >= 0.3 is 0 Å². The molecule has 0 unspecified atom stereocenters. The summed E-state index contributed by atoms with van der Waals surface area (Å²) in [6.45, 7) is 2.42. The van der Waals surface area contributed by atoms with Crippen LogP contribution in [0, 0.1) is 17.0 Å². The Morgan fingerprint density at radius 2 is 2.18 bits per heavy atom. The molecule has 0 fully saturated rings. The molecule has 7 heteroatoms. The molecule has 0 radical (unpaired) electrons. The number of nitrogens with zero attached hydrogens (tertiary/aromatic N) is 3. The summed E-state index contributed by atoms with van der Waals surface area (Å²) < 4.78 is 2.78. The number of rotatable bonds is 4. The second kappa shape index (κ2) is 5.76. The minimum Gasteiger partial charge on any atom is -0.374 e. The summed E-state index contributed by atoms with van der Waals surface area (Å²) in [7, 11) is 0. The molecule has 0 amide bonds. The van der Waals surface area contributed by atoms with Crippen molar-refractivity contribution in [3.05, 3.63) is 68.6 Å². The molecule has 0 atom stereocenters. The molecule has 0 aliphatic carbocycles. The smallest absolute Gasteiger partial charge is 0.292 e. The van der Waals surface area contributed by atoms with Gasteiger partial charge in [-0.3, -0.25) is 10.1 Å². The number of aryl methyl sites for hydroxylation is 1. The van der Waals surface area contributed by atoms with E-state index in [9.17, 15) is 10.1 Å². The number of imidazole rings is 1. The molecule has 6 nitrogen and oxygen atoms in total. The predicted molar refractivity (Wildman–Crippen MR) is 88.1 cm³/mol. The van der Waals surface area contributed by atoms with E-state index < -0.39 is 4.92 Å². The quantitative estimate of drug-likeness (QED) is 0.565. The van der Waals surface area contributed by atoms with Crippen LogP contribution in [0.3, 0.4) is 0 Å². The Morgan fingerprint density at radius 3 is 2.91 bits per heavy atom. The number of pyridine rings is 1. The van der Waals surface area contributed by atoms with Crippen molar-refractivity contribution >= 4 is 33.0 Å². The molecule has 0 spiro atoms. The van der Waals surface area contributed by atoms with Crippen molar-refractivity contribution in [2.75, 3.05) is 5.32 Å². The summed E-state index contributed by atoms with van der Waals surface area (Å²) in [4.78, 5) is 15.2. The third-order valence-corrected chi connectivity index (χ3v) is 3.85. The van der Waals surface area contributed by atoms with Crippen molar-refractivity contribution in [3.8, 4) is 0 Å². The second-order valence-electron chi connectivity index (χ2n) is 4.90. The van der Waals surface area contributed by atoms with Gasteiger partial charge in [0.2, 0.25) is 0 Å². The molecule has 2 heterocycles. The first-order valence-electron chi connectivity index (χ1n) is 6.66. The molecule has 3 rings (SSSR count). The maximum Gasteiger partial charge on any atom is 0.292 e. The number of halogens is 1. The summed E-state index contributed by atoms with van der Waals surface area (Å²) in [5, 5.41) is 14.1. The van der Waals surface area contributed by atoms with Crippen LogP contribution in [0.5, 0.6) is 0 Å². The van der Waals surface area contributed by atoms with E-state index in [1.165, 1.54) is 6.07 Å². The van der Waals surface area contributed by atoms with Crippen molar-refractivity contribution in [2.45, 2.75) is 13.5 Å². The number of hydrogen-bond acceptors (Lipinski definition) is 4. The van der Waals surface area contributed by atoms with E-state index >= 15 is 0 Å². The number of benzene rings is 1. The highest BCUT2D eigenvalue weighted by molar-refractivity contribution is 9.10. The molecule has 0 saturated heterocycles. The standard InChI is InChI=1S/C15H13BrN4O2/c1-10-3-2-4-15-18-12(9-19(10)15)8-17-13-7-11(16)5-6-14(13)20(21)22/h2-7,9,17H,8H2,1H3. The van der Waals surface area contributed by atoms with Gasteiger partial charge in [0.1, 0.15) is 11.3 Å². The van der Waals surface area contributed by atoms with E-state index in [0.717, 1.165) is 21.5 Å². The first-order chi connectivity index (χ1) is 10.5. The van der Waals surface area contributed by atoms with Crippen LogP contribution in [0.25, 0.3) is 5.65 Å². The summed E-state index contributed by atoms with van der Waals surface area (Å²) in [5.74, 6) is 0. The molecule has 1 aromatic carbocycles. The lowest BCUT2D eigenvalue weighted by Gasteiger charge is -2.05. The number of nitro benzene ring substituents is 1. The lowest BCUT2D eigenvalue weighted by Crippen LogP contribution is -2.03. The predicted octanol–water partition coefficient (Wildman–Crippen LogP) is 3.93. The van der Waals surface area contributed by atoms with E-state index in [1.807, 2.05) is 35.7 Å². The van der Waals surface area contributed by atoms with Gasteiger partial charge in [-0.2, -0.15) is 0 Å². The van der Waals surface area contributed by atoms with Crippen LogP contribution >= 0.6 is 15.9 Å². The van der Waals surface area contributed by atoms with Gasteiger partial charge in [-0.05, 0) is 31.2 Å². The molecular formula is C15H13BrN4O2. The van der Waals surface area contributed by atoms with Crippen molar-refractivity contribution in [1.29, 1.82) is 0 Å². The lowest BCUT2D eigenvalue weighted by atomic mass is 10.2. The van der Waals surface area contributed by atoms with E-state index in [1.54, 1.807) is 12.1 Å². The molecule has 1 N–H and O–H groups in total. The van der Waals surface area contributed by atoms with Crippen LogP contribution in [0.1, 0.15) is 11.4 Å². The lowest BCUT2D eigenvalue weighted by molar-refractivity contribution is -0.384. The molecule has 0 saturated carbocycles. The van der Waals surface area contributed by atoms with Gasteiger partial charge in [-0.15, -0.1) is 0 Å². The molecule has 2 aromatic heterocycles.